The summed E-state index contributed by atoms with van der Waals surface area (Å²) in [5.74, 6) is -9.71. The fourth-order valence-electron chi connectivity index (χ4n) is 7.02. The summed E-state index contributed by atoms with van der Waals surface area (Å²) in [6.45, 7) is 6.23. The maximum absolute atomic E-state index is 13.8. The monoisotopic (exact) mass is 926 g/mol. The van der Waals surface area contributed by atoms with Gasteiger partial charge < -0.3 is 63.6 Å². The smallest absolute Gasteiger partial charge is 0.310 e. The molecular formula is C42H58N10O14. The number of aromatic hydroxyl groups is 1. The first-order chi connectivity index (χ1) is 31.0. The highest BCUT2D eigenvalue weighted by molar-refractivity contribution is 5.97. The topological polar surface area (TPSA) is 385 Å². The molecule has 2 aromatic rings. The Balaban J connectivity index is 1.72. The van der Waals surface area contributed by atoms with Crippen LogP contribution in [0.4, 0.5) is 11.4 Å². The van der Waals surface area contributed by atoms with Crippen LogP contribution in [-0.2, 0) is 56.1 Å². The van der Waals surface area contributed by atoms with Crippen molar-refractivity contribution in [2.24, 2.45) is 11.7 Å². The minimum atomic E-state index is -1.57. The van der Waals surface area contributed by atoms with E-state index in [9.17, 15) is 63.5 Å². The molecule has 360 valence electrons. The molecule has 0 aliphatic carbocycles. The van der Waals surface area contributed by atoms with E-state index in [1.165, 1.54) is 24.8 Å². The van der Waals surface area contributed by atoms with Crippen molar-refractivity contribution < 1.29 is 63.4 Å². The Bertz CT molecular complexity index is 2150. The largest absolute Gasteiger partial charge is 0.502 e. The van der Waals surface area contributed by atoms with E-state index in [-0.39, 0.29) is 25.1 Å². The Morgan fingerprint density at radius 2 is 1.48 bits per heavy atom. The number of hydrogen-bond acceptors (Lipinski definition) is 14. The number of amides is 7. The summed E-state index contributed by atoms with van der Waals surface area (Å²) in [5, 5.41) is 55.3. The number of nitrogens with one attached hydrogen (secondary N) is 6. The molecule has 24 heteroatoms. The normalized spacial score (nSPS) is 16.5. The number of phenolic OH excluding ortho intramolecular Hbond substituents is 1. The highest BCUT2D eigenvalue weighted by Gasteiger charge is 2.39. The Morgan fingerprint density at radius 3 is 2.09 bits per heavy atom. The number of hydrogen-bond donors (Lipinski definition) is 11. The molecule has 0 radical (unpaired) electrons. The van der Waals surface area contributed by atoms with Gasteiger partial charge in [0.25, 0.3) is 0 Å². The van der Waals surface area contributed by atoms with Crippen LogP contribution < -0.4 is 43.4 Å². The molecule has 2 aromatic carbocycles. The Labute approximate surface area is 379 Å². The fourth-order valence-corrected chi connectivity index (χ4v) is 7.02. The van der Waals surface area contributed by atoms with Gasteiger partial charge in [0.15, 0.2) is 5.75 Å². The summed E-state index contributed by atoms with van der Waals surface area (Å²) >= 11 is 0. The zero-order valence-corrected chi connectivity index (χ0v) is 36.9. The molecule has 0 saturated carbocycles. The molecule has 66 heavy (non-hydrogen) atoms. The van der Waals surface area contributed by atoms with Gasteiger partial charge in [0, 0.05) is 37.7 Å². The van der Waals surface area contributed by atoms with Gasteiger partial charge in [-0.15, -0.1) is 0 Å². The molecule has 8 atom stereocenters. The van der Waals surface area contributed by atoms with E-state index in [1.54, 1.807) is 38.1 Å². The second-order valence-electron chi connectivity index (χ2n) is 16.0. The number of nitrogen functional groups attached to an aromatic ring is 1. The number of nitrogens with zero attached hydrogens (tertiary/aromatic N) is 2. The molecular weight excluding hydrogens is 869 g/mol. The van der Waals surface area contributed by atoms with Crippen LogP contribution >= 0.6 is 0 Å². The number of carbonyl (C=O) groups excluding carboxylic acids is 7. The molecule has 1 aliphatic heterocycles. The summed E-state index contributed by atoms with van der Waals surface area (Å²) in [4.78, 5) is 128. The highest BCUT2D eigenvalue weighted by atomic mass is 16.6. The number of aliphatic carboxylic acids is 2. The SMILES string of the molecule is CC[C@H](C)[C@H](NC(=O)[C@H](CC(=O)O)NCc1ccccc1N)C(=O)N[C@@H](C)C(=O)N[C@@H](C)C(=O)N1CCC[C@H]1C(=O)N[C@@H](Cc1ccc(O)c([N+](=O)[O-])c1)C(=O)N[C@@H](CCC(=O)O)C(N)=O. The third kappa shape index (κ3) is 15.4. The number of primary amides is 1. The van der Waals surface area contributed by atoms with E-state index < -0.39 is 144 Å². The standard InChI is InChI=1S/C42H58N10O14/c1-5-21(2)35(50-38(60)28(19-34(56)57)45-20-25-9-6-7-10-26(25)43)41(63)46-22(3)37(59)47-23(4)42(64)51-16-8-11-30(51)40(62)49-29(17-24-12-14-32(53)31(18-24)52(65)66)39(61)48-27(36(44)58)13-15-33(54)55/h6-7,9-10,12,14,18,21-23,27-30,35,45,53H,5,8,11,13,15-17,19-20,43H2,1-4H3,(H2,44,58)(H,46,63)(H,47,59)(H,48,61)(H,49,62)(H,50,60)(H,54,55)(H,56,57)/t21-,22-,23-,27-,28-,29-,30-,35-/m0/s1. The van der Waals surface area contributed by atoms with Crippen molar-refractivity contribution in [1.82, 2.24) is 36.8 Å². The lowest BCUT2D eigenvalue weighted by Crippen LogP contribution is -2.59. The molecule has 1 aliphatic rings. The second-order valence-corrected chi connectivity index (χ2v) is 16.0. The number of benzene rings is 2. The lowest BCUT2D eigenvalue weighted by Gasteiger charge is -2.30. The van der Waals surface area contributed by atoms with Crippen molar-refractivity contribution in [2.75, 3.05) is 12.3 Å². The van der Waals surface area contributed by atoms with Crippen LogP contribution in [0.15, 0.2) is 42.5 Å². The molecule has 1 heterocycles. The number of likely N-dealkylation sites (tertiary alicyclic amines) is 1. The van der Waals surface area contributed by atoms with Crippen LogP contribution in [0.25, 0.3) is 0 Å². The van der Waals surface area contributed by atoms with Gasteiger partial charge in [0.1, 0.15) is 36.3 Å². The molecule has 0 bridgehead atoms. The van der Waals surface area contributed by atoms with Gasteiger partial charge in [-0.25, -0.2) is 0 Å². The van der Waals surface area contributed by atoms with Crippen LogP contribution in [0.3, 0.4) is 0 Å². The zero-order chi connectivity index (χ0) is 49.4. The lowest BCUT2D eigenvalue weighted by molar-refractivity contribution is -0.385. The van der Waals surface area contributed by atoms with E-state index in [2.05, 4.69) is 31.9 Å². The molecule has 13 N–H and O–H groups in total. The number of nitro groups is 1. The van der Waals surface area contributed by atoms with Gasteiger partial charge >= 0.3 is 17.6 Å². The fraction of sp³-hybridized carbons (Fsp3) is 0.500. The Hall–Kier alpha value is -7.37. The van der Waals surface area contributed by atoms with E-state index in [1.807, 2.05) is 0 Å². The van der Waals surface area contributed by atoms with Gasteiger partial charge in [-0.2, -0.15) is 0 Å². The first-order valence-electron chi connectivity index (χ1n) is 21.1. The number of nitro benzene ring substituents is 1. The minimum Gasteiger partial charge on any atom is -0.502 e. The molecule has 0 spiro atoms. The first kappa shape index (κ1) is 53.0. The molecule has 7 amide bonds. The van der Waals surface area contributed by atoms with E-state index >= 15 is 0 Å². The van der Waals surface area contributed by atoms with Gasteiger partial charge in [-0.3, -0.25) is 53.3 Å². The molecule has 0 aromatic heterocycles. The van der Waals surface area contributed by atoms with Crippen molar-refractivity contribution in [2.45, 2.75) is 121 Å². The van der Waals surface area contributed by atoms with Crippen LogP contribution in [0, 0.1) is 16.0 Å². The first-order valence-corrected chi connectivity index (χ1v) is 21.1. The van der Waals surface area contributed by atoms with Crippen LogP contribution in [-0.4, -0.2) is 127 Å². The van der Waals surface area contributed by atoms with Crippen molar-refractivity contribution in [1.29, 1.82) is 0 Å². The predicted octanol–water partition coefficient (Wildman–Crippen LogP) is -1.09. The van der Waals surface area contributed by atoms with Crippen LogP contribution in [0.5, 0.6) is 5.75 Å². The van der Waals surface area contributed by atoms with Crippen LogP contribution in [0.1, 0.15) is 77.3 Å². The maximum Gasteiger partial charge on any atom is 0.310 e. The van der Waals surface area contributed by atoms with Crippen LogP contribution in [0.2, 0.25) is 0 Å². The number of carbonyl (C=O) groups is 9. The predicted molar refractivity (Wildman–Crippen MR) is 233 cm³/mol. The zero-order valence-electron chi connectivity index (χ0n) is 36.9. The third-order valence-electron chi connectivity index (χ3n) is 11.0. The lowest BCUT2D eigenvalue weighted by atomic mass is 9.97. The molecule has 3 rings (SSSR count). The third-order valence-corrected chi connectivity index (χ3v) is 11.0. The Morgan fingerprint density at radius 1 is 0.833 bits per heavy atom. The average molecular weight is 927 g/mol. The second kappa shape index (κ2) is 24.6. The summed E-state index contributed by atoms with van der Waals surface area (Å²) in [6, 6.07) is 0.788. The number of rotatable bonds is 25. The highest BCUT2D eigenvalue weighted by Crippen LogP contribution is 2.27. The summed E-state index contributed by atoms with van der Waals surface area (Å²) < 4.78 is 0. The van der Waals surface area contributed by atoms with Crippen molar-refractivity contribution in [3.63, 3.8) is 0 Å². The van der Waals surface area contributed by atoms with Gasteiger partial charge in [0.2, 0.25) is 41.4 Å². The molecule has 0 unspecified atom stereocenters. The summed E-state index contributed by atoms with van der Waals surface area (Å²) in [6.07, 6.45) is -1.16. The quantitative estimate of drug-likeness (QED) is 0.0320. The minimum absolute atomic E-state index is 0.0517. The summed E-state index contributed by atoms with van der Waals surface area (Å²) in [5.41, 5.74) is 11.8. The summed E-state index contributed by atoms with van der Waals surface area (Å²) in [7, 11) is 0. The van der Waals surface area contributed by atoms with Gasteiger partial charge in [-0.1, -0.05) is 44.5 Å². The van der Waals surface area contributed by atoms with E-state index in [0.29, 0.717) is 24.1 Å². The number of para-hydroxylation sites is 1. The maximum atomic E-state index is 13.8. The number of carboxylic acid groups (broad SMARTS) is 2. The molecule has 1 fully saturated rings. The van der Waals surface area contributed by atoms with E-state index in [4.69, 9.17) is 16.6 Å². The van der Waals surface area contributed by atoms with Crippen molar-refractivity contribution >= 4 is 64.7 Å². The molecule has 1 saturated heterocycles. The number of carboxylic acids is 2. The van der Waals surface area contributed by atoms with Gasteiger partial charge in [0.05, 0.1) is 17.4 Å². The van der Waals surface area contributed by atoms with Crippen molar-refractivity contribution in [3.05, 3.63) is 63.7 Å². The number of anilines is 1. The number of phenols is 1. The van der Waals surface area contributed by atoms with E-state index in [0.717, 1.165) is 12.1 Å². The van der Waals surface area contributed by atoms with Crippen molar-refractivity contribution in [3.8, 4) is 5.75 Å². The average Bonchev–Trinajstić information content (AvgIpc) is 3.75. The number of nitrogens with two attached hydrogens (primary N) is 2. The molecule has 24 nitrogen and oxygen atoms in total. The Kier molecular flexibility index (Phi) is 19.8. The van der Waals surface area contributed by atoms with Gasteiger partial charge in [-0.05, 0) is 62.3 Å².